The molecule has 1 saturated carbocycles. The van der Waals surface area contributed by atoms with Crippen molar-refractivity contribution in [2.75, 3.05) is 0 Å². The summed E-state index contributed by atoms with van der Waals surface area (Å²) in [5.41, 5.74) is 7.21. The molecule has 1 N–H and O–H groups in total. The molecule has 0 atom stereocenters. The van der Waals surface area contributed by atoms with Crippen LogP contribution >= 0.6 is 0 Å². The van der Waals surface area contributed by atoms with E-state index < -0.39 is 6.09 Å². The van der Waals surface area contributed by atoms with Crippen LogP contribution in [0.25, 0.3) is 33.5 Å². The van der Waals surface area contributed by atoms with Gasteiger partial charge in [-0.05, 0) is 48.9 Å². The van der Waals surface area contributed by atoms with Crippen LogP contribution in [0.15, 0.2) is 54.6 Å². The van der Waals surface area contributed by atoms with Gasteiger partial charge in [0, 0.05) is 11.5 Å². The number of benzene rings is 2. The van der Waals surface area contributed by atoms with Crippen molar-refractivity contribution in [1.82, 2.24) is 14.5 Å². The van der Waals surface area contributed by atoms with Gasteiger partial charge in [-0.1, -0.05) is 54.6 Å². The number of rotatable bonds is 3. The van der Waals surface area contributed by atoms with Gasteiger partial charge >= 0.3 is 6.09 Å². The molecule has 2 aromatic carbocycles. The van der Waals surface area contributed by atoms with Gasteiger partial charge in [0.25, 0.3) is 0 Å². The molecule has 144 valence electrons. The number of hydrogen-bond donors (Lipinski definition) is 1. The van der Waals surface area contributed by atoms with Gasteiger partial charge in [-0.25, -0.2) is 19.3 Å². The van der Waals surface area contributed by atoms with E-state index in [1.54, 1.807) is 0 Å². The van der Waals surface area contributed by atoms with Crippen LogP contribution in [-0.4, -0.2) is 25.7 Å². The van der Waals surface area contributed by atoms with E-state index in [0.717, 1.165) is 46.4 Å². The molecule has 5 nitrogen and oxygen atoms in total. The van der Waals surface area contributed by atoms with E-state index in [1.165, 1.54) is 4.57 Å². The molecule has 0 amide bonds. The number of hydrogen-bond acceptors (Lipinski definition) is 3. The molecule has 1 aliphatic rings. The van der Waals surface area contributed by atoms with Crippen molar-refractivity contribution in [2.24, 2.45) is 0 Å². The maximum absolute atomic E-state index is 12.0. The minimum Gasteiger partial charge on any atom is -0.464 e. The number of pyridine rings is 1. The SMILES string of the molecule is Cc1c(-c2ccc(-c3ccccc3)cc2)nc2c(nc(C3CC3)n2C(=O)O)c1C. The van der Waals surface area contributed by atoms with E-state index >= 15 is 0 Å². The first kappa shape index (κ1) is 17.6. The number of fused-ring (bicyclic) bond motifs is 1. The fraction of sp³-hybridized carbons (Fsp3) is 0.208. The average Bonchev–Trinajstić information content (AvgIpc) is 3.51. The van der Waals surface area contributed by atoms with E-state index in [-0.39, 0.29) is 5.92 Å². The maximum atomic E-state index is 12.0. The summed E-state index contributed by atoms with van der Waals surface area (Å²) in [6, 6.07) is 18.5. The average molecular weight is 383 g/mol. The topological polar surface area (TPSA) is 68.0 Å². The molecule has 0 radical (unpaired) electrons. The Morgan fingerprint density at radius 3 is 2.14 bits per heavy atom. The Kier molecular flexibility index (Phi) is 3.98. The smallest absolute Gasteiger partial charge is 0.418 e. The van der Waals surface area contributed by atoms with Crippen molar-refractivity contribution in [3.8, 4) is 22.4 Å². The Balaban J connectivity index is 1.66. The largest absolute Gasteiger partial charge is 0.464 e. The quantitative estimate of drug-likeness (QED) is 0.486. The molecule has 5 rings (SSSR count). The molecule has 1 aliphatic carbocycles. The zero-order chi connectivity index (χ0) is 20.1. The highest BCUT2D eigenvalue weighted by Crippen LogP contribution is 2.41. The van der Waals surface area contributed by atoms with Gasteiger partial charge in [-0.15, -0.1) is 0 Å². The fourth-order valence-corrected chi connectivity index (χ4v) is 3.86. The summed E-state index contributed by atoms with van der Waals surface area (Å²) in [6.07, 6.45) is 0.959. The predicted octanol–water partition coefficient (Wildman–Crippen LogP) is 5.79. The number of nitrogens with zero attached hydrogens (tertiary/aromatic N) is 3. The molecule has 5 heteroatoms. The molecule has 0 saturated heterocycles. The molecule has 4 aromatic rings. The highest BCUT2D eigenvalue weighted by Gasteiger charge is 2.33. The standard InChI is InChI=1S/C24H21N3O2/c1-14-15(2)21-23(27(24(28)29)22(26-21)19-12-13-19)25-20(14)18-10-8-17(9-11-18)16-6-4-3-5-7-16/h3-11,19H,12-13H2,1-2H3,(H,28,29). The Bertz CT molecular complexity index is 1240. The first-order chi connectivity index (χ1) is 14.0. The molecular weight excluding hydrogens is 362 g/mol. The van der Waals surface area contributed by atoms with E-state index in [1.807, 2.05) is 44.2 Å². The first-order valence-corrected chi connectivity index (χ1v) is 9.83. The lowest BCUT2D eigenvalue weighted by Crippen LogP contribution is -2.12. The Morgan fingerprint density at radius 2 is 1.52 bits per heavy atom. The predicted molar refractivity (Wildman–Crippen MR) is 113 cm³/mol. The minimum atomic E-state index is -1.02. The van der Waals surface area contributed by atoms with Gasteiger partial charge in [0.05, 0.1) is 5.69 Å². The molecule has 2 aromatic heterocycles. The molecule has 1 fully saturated rings. The summed E-state index contributed by atoms with van der Waals surface area (Å²) in [4.78, 5) is 21.4. The second-order valence-corrected chi connectivity index (χ2v) is 7.69. The van der Waals surface area contributed by atoms with Crippen LogP contribution in [0.4, 0.5) is 4.79 Å². The number of carboxylic acid groups (broad SMARTS) is 1. The number of aryl methyl sites for hydroxylation is 1. The van der Waals surface area contributed by atoms with Crippen LogP contribution in [0.1, 0.15) is 35.7 Å². The normalized spacial score (nSPS) is 13.7. The molecule has 0 unspecified atom stereocenters. The monoisotopic (exact) mass is 383 g/mol. The molecule has 0 bridgehead atoms. The summed E-state index contributed by atoms with van der Waals surface area (Å²) in [5.74, 6) is 0.854. The molecule has 0 spiro atoms. The lowest BCUT2D eigenvalue weighted by molar-refractivity contribution is 0.196. The number of imidazole rings is 1. The summed E-state index contributed by atoms with van der Waals surface area (Å²) in [6.45, 7) is 4.02. The highest BCUT2D eigenvalue weighted by molar-refractivity contribution is 5.89. The first-order valence-electron chi connectivity index (χ1n) is 9.83. The van der Waals surface area contributed by atoms with E-state index in [9.17, 15) is 9.90 Å². The van der Waals surface area contributed by atoms with Crippen molar-refractivity contribution in [2.45, 2.75) is 32.6 Å². The molecule has 29 heavy (non-hydrogen) atoms. The highest BCUT2D eigenvalue weighted by atomic mass is 16.4. The Hall–Kier alpha value is -3.47. The summed E-state index contributed by atoms with van der Waals surface area (Å²) in [5, 5.41) is 9.80. The summed E-state index contributed by atoms with van der Waals surface area (Å²) in [7, 11) is 0. The van der Waals surface area contributed by atoms with Crippen LogP contribution in [0.5, 0.6) is 0 Å². The van der Waals surface area contributed by atoms with Crippen LogP contribution in [-0.2, 0) is 0 Å². The fourth-order valence-electron chi connectivity index (χ4n) is 3.86. The van der Waals surface area contributed by atoms with Crippen LogP contribution < -0.4 is 0 Å². The van der Waals surface area contributed by atoms with Crippen molar-refractivity contribution in [1.29, 1.82) is 0 Å². The van der Waals surface area contributed by atoms with Gasteiger partial charge in [0.1, 0.15) is 11.3 Å². The van der Waals surface area contributed by atoms with Crippen molar-refractivity contribution in [3.63, 3.8) is 0 Å². The Morgan fingerprint density at radius 1 is 0.897 bits per heavy atom. The van der Waals surface area contributed by atoms with E-state index in [2.05, 4.69) is 29.2 Å². The Labute approximate surface area is 168 Å². The minimum absolute atomic E-state index is 0.230. The zero-order valence-corrected chi connectivity index (χ0v) is 16.4. The lowest BCUT2D eigenvalue weighted by atomic mass is 9.99. The number of carbonyl (C=O) groups is 1. The van der Waals surface area contributed by atoms with Crippen molar-refractivity contribution in [3.05, 3.63) is 71.5 Å². The lowest BCUT2D eigenvalue weighted by Gasteiger charge is -2.11. The van der Waals surface area contributed by atoms with Crippen molar-refractivity contribution >= 4 is 17.3 Å². The van der Waals surface area contributed by atoms with Gasteiger partial charge < -0.3 is 5.11 Å². The zero-order valence-electron chi connectivity index (χ0n) is 16.4. The van der Waals surface area contributed by atoms with Crippen LogP contribution in [0, 0.1) is 13.8 Å². The molecule has 2 heterocycles. The molecular formula is C24H21N3O2. The third-order valence-corrected chi connectivity index (χ3v) is 5.77. The van der Waals surface area contributed by atoms with Gasteiger partial charge in [0.2, 0.25) is 0 Å². The van der Waals surface area contributed by atoms with Crippen LogP contribution in [0.3, 0.4) is 0 Å². The molecule has 0 aliphatic heterocycles. The second kappa shape index (κ2) is 6.55. The maximum Gasteiger partial charge on any atom is 0.418 e. The summed E-state index contributed by atoms with van der Waals surface area (Å²) >= 11 is 0. The van der Waals surface area contributed by atoms with Crippen molar-refractivity contribution < 1.29 is 9.90 Å². The van der Waals surface area contributed by atoms with Gasteiger partial charge in [-0.3, -0.25) is 0 Å². The second-order valence-electron chi connectivity index (χ2n) is 7.69. The van der Waals surface area contributed by atoms with Gasteiger partial charge in [0.15, 0.2) is 5.65 Å². The number of aromatic nitrogens is 3. The van der Waals surface area contributed by atoms with Gasteiger partial charge in [-0.2, -0.15) is 0 Å². The van der Waals surface area contributed by atoms with Crippen LogP contribution in [0.2, 0.25) is 0 Å². The van der Waals surface area contributed by atoms with E-state index in [0.29, 0.717) is 17.0 Å². The summed E-state index contributed by atoms with van der Waals surface area (Å²) < 4.78 is 1.28. The third kappa shape index (κ3) is 2.90. The third-order valence-electron chi connectivity index (χ3n) is 5.77. The van der Waals surface area contributed by atoms with E-state index in [4.69, 9.17) is 4.98 Å².